The highest BCUT2D eigenvalue weighted by atomic mass is 16.6. The lowest BCUT2D eigenvalue weighted by atomic mass is 10.1. The van der Waals surface area contributed by atoms with E-state index in [2.05, 4.69) is 0 Å². The van der Waals surface area contributed by atoms with E-state index in [9.17, 15) is 0 Å². The van der Waals surface area contributed by atoms with Gasteiger partial charge in [0.2, 0.25) is 0 Å². The van der Waals surface area contributed by atoms with E-state index in [1.165, 1.54) is 0 Å². The van der Waals surface area contributed by atoms with Crippen LogP contribution in [0.15, 0.2) is 0 Å². The molecule has 0 amide bonds. The van der Waals surface area contributed by atoms with Gasteiger partial charge in [0, 0.05) is 13.0 Å². The first-order valence-corrected chi connectivity index (χ1v) is 4.15. The molecule has 0 saturated carbocycles. The fraction of sp³-hybridized carbons (Fsp3) is 1.00. The lowest BCUT2D eigenvalue weighted by Gasteiger charge is -2.12. The van der Waals surface area contributed by atoms with Gasteiger partial charge in [0.1, 0.15) is 0 Å². The Kier molecular flexibility index (Phi) is 3.30. The van der Waals surface area contributed by atoms with Crippen molar-refractivity contribution >= 4 is 0 Å². The Morgan fingerprint density at radius 1 is 1.64 bits per heavy atom. The Bertz CT molecular complexity index is 116. The van der Waals surface area contributed by atoms with Crippen LogP contribution in [0.4, 0.5) is 0 Å². The van der Waals surface area contributed by atoms with Gasteiger partial charge in [-0.25, -0.2) is 0 Å². The molecule has 1 rings (SSSR count). The Morgan fingerprint density at radius 3 is 2.82 bits per heavy atom. The van der Waals surface area contributed by atoms with Gasteiger partial charge in [0.05, 0.1) is 24.9 Å². The standard InChI is InChI=1S/C8H16O3/c1-3-10-8-4-7(5-9)11-6(8)2/h6-9H,3-5H2,1-2H3. The normalized spacial score (nSPS) is 37.9. The van der Waals surface area contributed by atoms with Crippen LogP contribution < -0.4 is 0 Å². The minimum atomic E-state index is -0.0125. The van der Waals surface area contributed by atoms with E-state index in [-0.39, 0.29) is 24.9 Å². The molecule has 1 N–H and O–H groups in total. The quantitative estimate of drug-likeness (QED) is 0.655. The van der Waals surface area contributed by atoms with Crippen LogP contribution in [0.2, 0.25) is 0 Å². The molecule has 0 aromatic rings. The molecule has 1 aliphatic rings. The van der Waals surface area contributed by atoms with Crippen molar-refractivity contribution in [3.63, 3.8) is 0 Å². The Morgan fingerprint density at radius 2 is 2.36 bits per heavy atom. The highest BCUT2D eigenvalue weighted by molar-refractivity contribution is 4.79. The van der Waals surface area contributed by atoms with Crippen LogP contribution in [0, 0.1) is 0 Å². The third kappa shape index (κ3) is 2.15. The molecule has 0 aromatic heterocycles. The Labute approximate surface area is 67.3 Å². The second-order valence-corrected chi connectivity index (χ2v) is 2.88. The number of hydrogen-bond donors (Lipinski definition) is 1. The molecule has 1 fully saturated rings. The van der Waals surface area contributed by atoms with Gasteiger partial charge >= 0.3 is 0 Å². The zero-order valence-electron chi connectivity index (χ0n) is 7.12. The molecule has 0 aliphatic carbocycles. The number of ether oxygens (including phenoxy) is 2. The molecule has 11 heavy (non-hydrogen) atoms. The highest BCUT2D eigenvalue weighted by Crippen LogP contribution is 2.22. The third-order valence-electron chi connectivity index (χ3n) is 2.01. The van der Waals surface area contributed by atoms with E-state index in [0.717, 1.165) is 13.0 Å². The summed E-state index contributed by atoms with van der Waals surface area (Å²) in [6, 6.07) is 0. The van der Waals surface area contributed by atoms with Gasteiger partial charge in [0.15, 0.2) is 0 Å². The van der Waals surface area contributed by atoms with E-state index >= 15 is 0 Å². The van der Waals surface area contributed by atoms with E-state index in [1.807, 2.05) is 13.8 Å². The topological polar surface area (TPSA) is 38.7 Å². The van der Waals surface area contributed by atoms with Crippen molar-refractivity contribution in [1.29, 1.82) is 0 Å². The van der Waals surface area contributed by atoms with Gasteiger partial charge in [-0.3, -0.25) is 0 Å². The summed E-state index contributed by atoms with van der Waals surface area (Å²) in [5.74, 6) is 0. The van der Waals surface area contributed by atoms with Crippen molar-refractivity contribution in [1.82, 2.24) is 0 Å². The first-order valence-electron chi connectivity index (χ1n) is 4.15. The molecule has 1 heterocycles. The maximum atomic E-state index is 8.79. The van der Waals surface area contributed by atoms with Crippen molar-refractivity contribution in [2.45, 2.75) is 38.6 Å². The SMILES string of the molecule is CCOC1CC(CO)OC1C. The van der Waals surface area contributed by atoms with Crippen molar-refractivity contribution in [3.05, 3.63) is 0 Å². The Hall–Kier alpha value is -0.120. The number of hydrogen-bond acceptors (Lipinski definition) is 3. The fourth-order valence-corrected chi connectivity index (χ4v) is 1.43. The highest BCUT2D eigenvalue weighted by Gasteiger charge is 2.31. The van der Waals surface area contributed by atoms with Crippen molar-refractivity contribution in [2.75, 3.05) is 13.2 Å². The summed E-state index contributed by atoms with van der Waals surface area (Å²) in [5, 5.41) is 8.79. The van der Waals surface area contributed by atoms with Crippen LogP contribution in [0.25, 0.3) is 0 Å². The summed E-state index contributed by atoms with van der Waals surface area (Å²) >= 11 is 0. The minimum absolute atomic E-state index is 0.0125. The average Bonchev–Trinajstić information content (AvgIpc) is 2.33. The average molecular weight is 160 g/mol. The van der Waals surface area contributed by atoms with Crippen LogP contribution in [-0.4, -0.2) is 36.6 Å². The summed E-state index contributed by atoms with van der Waals surface area (Å²) < 4.78 is 10.8. The predicted molar refractivity (Wildman–Crippen MR) is 41.5 cm³/mol. The Balaban J connectivity index is 2.32. The molecule has 1 saturated heterocycles. The molecule has 1 aliphatic heterocycles. The van der Waals surface area contributed by atoms with Gasteiger partial charge in [-0.1, -0.05) is 0 Å². The maximum Gasteiger partial charge on any atom is 0.0859 e. The van der Waals surface area contributed by atoms with Crippen LogP contribution >= 0.6 is 0 Å². The molecular weight excluding hydrogens is 144 g/mol. The lowest BCUT2D eigenvalue weighted by Crippen LogP contribution is -2.20. The molecule has 3 heteroatoms. The number of aliphatic hydroxyl groups is 1. The second kappa shape index (κ2) is 4.04. The smallest absolute Gasteiger partial charge is 0.0859 e. The van der Waals surface area contributed by atoms with E-state index in [4.69, 9.17) is 14.6 Å². The van der Waals surface area contributed by atoms with Crippen LogP contribution in [-0.2, 0) is 9.47 Å². The molecule has 66 valence electrons. The summed E-state index contributed by atoms with van der Waals surface area (Å²) in [4.78, 5) is 0. The van der Waals surface area contributed by atoms with Crippen LogP contribution in [0.3, 0.4) is 0 Å². The van der Waals surface area contributed by atoms with Gasteiger partial charge in [-0.2, -0.15) is 0 Å². The molecule has 0 aromatic carbocycles. The summed E-state index contributed by atoms with van der Waals surface area (Å²) in [6.45, 7) is 4.78. The molecule has 3 unspecified atom stereocenters. The molecule has 0 radical (unpaired) electrons. The predicted octanol–water partition coefficient (Wildman–Crippen LogP) is 0.561. The number of aliphatic hydroxyl groups excluding tert-OH is 1. The first kappa shape index (κ1) is 8.97. The van der Waals surface area contributed by atoms with Crippen LogP contribution in [0.5, 0.6) is 0 Å². The van der Waals surface area contributed by atoms with Crippen molar-refractivity contribution in [3.8, 4) is 0 Å². The fourth-order valence-electron chi connectivity index (χ4n) is 1.43. The van der Waals surface area contributed by atoms with Crippen LogP contribution in [0.1, 0.15) is 20.3 Å². The minimum Gasteiger partial charge on any atom is -0.394 e. The third-order valence-corrected chi connectivity index (χ3v) is 2.01. The zero-order chi connectivity index (χ0) is 8.27. The summed E-state index contributed by atoms with van der Waals surface area (Å²) in [7, 11) is 0. The van der Waals surface area contributed by atoms with Gasteiger partial charge in [-0.05, 0) is 13.8 Å². The molecule has 0 bridgehead atoms. The second-order valence-electron chi connectivity index (χ2n) is 2.88. The first-order chi connectivity index (χ1) is 5.27. The molecule has 3 atom stereocenters. The van der Waals surface area contributed by atoms with E-state index in [1.54, 1.807) is 0 Å². The van der Waals surface area contributed by atoms with Gasteiger partial charge < -0.3 is 14.6 Å². The largest absolute Gasteiger partial charge is 0.394 e. The number of rotatable bonds is 3. The van der Waals surface area contributed by atoms with Crippen molar-refractivity contribution < 1.29 is 14.6 Å². The van der Waals surface area contributed by atoms with Crippen molar-refractivity contribution in [2.24, 2.45) is 0 Å². The summed E-state index contributed by atoms with van der Waals surface area (Å²) in [6.07, 6.45) is 1.12. The molecule has 0 spiro atoms. The maximum absolute atomic E-state index is 8.79. The van der Waals surface area contributed by atoms with Gasteiger partial charge in [-0.15, -0.1) is 0 Å². The van der Waals surface area contributed by atoms with E-state index < -0.39 is 0 Å². The monoisotopic (exact) mass is 160 g/mol. The lowest BCUT2D eigenvalue weighted by molar-refractivity contribution is -0.0193. The molecular formula is C8H16O3. The van der Waals surface area contributed by atoms with E-state index in [0.29, 0.717) is 0 Å². The molecule has 3 nitrogen and oxygen atoms in total. The van der Waals surface area contributed by atoms with Gasteiger partial charge in [0.25, 0.3) is 0 Å². The zero-order valence-corrected chi connectivity index (χ0v) is 7.12. The summed E-state index contributed by atoms with van der Waals surface area (Å²) in [5.41, 5.74) is 0.